The van der Waals surface area contributed by atoms with Crippen LogP contribution < -0.4 is 4.74 Å². The fourth-order valence-electron chi connectivity index (χ4n) is 4.24. The third kappa shape index (κ3) is 3.73. The summed E-state index contributed by atoms with van der Waals surface area (Å²) in [4.78, 5) is 31.7. The van der Waals surface area contributed by atoms with Gasteiger partial charge in [0.1, 0.15) is 11.3 Å². The van der Waals surface area contributed by atoms with Crippen LogP contribution in [0, 0.1) is 0 Å². The van der Waals surface area contributed by atoms with Crippen molar-refractivity contribution in [1.82, 2.24) is 14.7 Å². The molecule has 2 saturated heterocycles. The Kier molecular flexibility index (Phi) is 6.25. The standard InChI is InChI=1S/C21H31N3O4/c1-16(2)24-19(25)21(23(20(24)26)13-14-27-3)9-11-22(12-10-21)15-17-5-7-18(28-4)8-6-17/h5-8,16H,9-15H2,1-4H3. The number of likely N-dealkylation sites (tertiary alicyclic amines) is 1. The van der Waals surface area contributed by atoms with E-state index in [1.807, 2.05) is 26.0 Å². The van der Waals surface area contributed by atoms with Gasteiger partial charge < -0.3 is 14.4 Å². The van der Waals surface area contributed by atoms with E-state index in [4.69, 9.17) is 9.47 Å². The third-order valence-corrected chi connectivity index (χ3v) is 5.85. The molecule has 0 radical (unpaired) electrons. The minimum atomic E-state index is -0.726. The SMILES string of the molecule is COCCN1C(=O)N(C(C)C)C(=O)C12CCN(Cc1ccc(OC)cc1)CC2. The van der Waals surface area contributed by atoms with Crippen molar-refractivity contribution in [1.29, 1.82) is 0 Å². The number of carbonyl (C=O) groups excluding carboxylic acids is 2. The number of imide groups is 1. The average molecular weight is 389 g/mol. The number of hydrogen-bond donors (Lipinski definition) is 0. The predicted molar refractivity (Wildman–Crippen MR) is 106 cm³/mol. The number of benzene rings is 1. The molecule has 1 aromatic carbocycles. The zero-order valence-electron chi connectivity index (χ0n) is 17.3. The monoisotopic (exact) mass is 389 g/mol. The topological polar surface area (TPSA) is 62.3 Å². The maximum absolute atomic E-state index is 13.2. The number of piperidine rings is 1. The van der Waals surface area contributed by atoms with E-state index in [0.717, 1.165) is 25.4 Å². The van der Waals surface area contributed by atoms with Crippen LogP contribution >= 0.6 is 0 Å². The molecule has 3 amide bonds. The molecule has 0 unspecified atom stereocenters. The van der Waals surface area contributed by atoms with Gasteiger partial charge in [0.05, 0.1) is 13.7 Å². The first-order valence-electron chi connectivity index (χ1n) is 9.92. The van der Waals surface area contributed by atoms with E-state index in [2.05, 4.69) is 17.0 Å². The zero-order valence-corrected chi connectivity index (χ0v) is 17.3. The number of rotatable bonds is 7. The van der Waals surface area contributed by atoms with Crippen LogP contribution in [0.1, 0.15) is 32.3 Å². The molecule has 0 aromatic heterocycles. The largest absolute Gasteiger partial charge is 0.497 e. The van der Waals surface area contributed by atoms with E-state index in [-0.39, 0.29) is 18.0 Å². The molecule has 7 heteroatoms. The van der Waals surface area contributed by atoms with Crippen LogP contribution in [-0.4, -0.2) is 78.7 Å². The van der Waals surface area contributed by atoms with Gasteiger partial charge in [-0.25, -0.2) is 4.79 Å². The molecule has 0 aliphatic carbocycles. The van der Waals surface area contributed by atoms with Crippen molar-refractivity contribution in [2.24, 2.45) is 0 Å². The van der Waals surface area contributed by atoms with E-state index in [9.17, 15) is 9.59 Å². The Hall–Kier alpha value is -2.12. The summed E-state index contributed by atoms with van der Waals surface area (Å²) in [5, 5.41) is 0. The van der Waals surface area contributed by atoms with Gasteiger partial charge in [-0.3, -0.25) is 14.6 Å². The minimum absolute atomic E-state index is 0.0484. The molecule has 0 atom stereocenters. The number of hydrogen-bond acceptors (Lipinski definition) is 5. The van der Waals surface area contributed by atoms with Crippen LogP contribution in [0.4, 0.5) is 4.79 Å². The molecular formula is C21H31N3O4. The second-order valence-electron chi connectivity index (χ2n) is 7.85. The highest BCUT2D eigenvalue weighted by atomic mass is 16.5. The number of ether oxygens (including phenoxy) is 2. The third-order valence-electron chi connectivity index (χ3n) is 5.85. The molecule has 2 aliphatic rings. The molecular weight excluding hydrogens is 358 g/mol. The molecule has 1 spiro atoms. The number of nitrogens with zero attached hydrogens (tertiary/aromatic N) is 3. The molecule has 2 fully saturated rings. The number of methoxy groups -OCH3 is 2. The van der Waals surface area contributed by atoms with Gasteiger partial charge in [-0.05, 0) is 44.4 Å². The molecule has 28 heavy (non-hydrogen) atoms. The first-order valence-corrected chi connectivity index (χ1v) is 9.92. The van der Waals surface area contributed by atoms with Gasteiger partial charge in [0.25, 0.3) is 5.91 Å². The van der Waals surface area contributed by atoms with E-state index in [1.54, 1.807) is 19.1 Å². The lowest BCUT2D eigenvalue weighted by Crippen LogP contribution is -2.57. The van der Waals surface area contributed by atoms with Crippen LogP contribution in [-0.2, 0) is 16.1 Å². The highest BCUT2D eigenvalue weighted by Crippen LogP contribution is 2.38. The molecule has 2 heterocycles. The quantitative estimate of drug-likeness (QED) is 0.670. The Bertz CT molecular complexity index is 696. The normalized spacial score (nSPS) is 19.9. The molecule has 154 valence electrons. The summed E-state index contributed by atoms with van der Waals surface area (Å²) < 4.78 is 10.4. The highest BCUT2D eigenvalue weighted by molar-refractivity contribution is 6.07. The molecule has 3 rings (SSSR count). The summed E-state index contributed by atoms with van der Waals surface area (Å²) in [6, 6.07) is 7.75. The van der Waals surface area contributed by atoms with Crippen LogP contribution in [0.3, 0.4) is 0 Å². The maximum Gasteiger partial charge on any atom is 0.327 e. The Morgan fingerprint density at radius 1 is 1.07 bits per heavy atom. The minimum Gasteiger partial charge on any atom is -0.497 e. The summed E-state index contributed by atoms with van der Waals surface area (Å²) in [6.07, 6.45) is 1.31. The van der Waals surface area contributed by atoms with Gasteiger partial charge in [-0.15, -0.1) is 0 Å². The van der Waals surface area contributed by atoms with Gasteiger partial charge >= 0.3 is 6.03 Å². The summed E-state index contributed by atoms with van der Waals surface area (Å²) >= 11 is 0. The van der Waals surface area contributed by atoms with Crippen LogP contribution in [0.15, 0.2) is 24.3 Å². The second-order valence-corrected chi connectivity index (χ2v) is 7.85. The van der Waals surface area contributed by atoms with Crippen molar-refractivity contribution in [2.45, 2.75) is 44.8 Å². The van der Waals surface area contributed by atoms with E-state index < -0.39 is 5.54 Å². The van der Waals surface area contributed by atoms with E-state index >= 15 is 0 Å². The summed E-state index contributed by atoms with van der Waals surface area (Å²) in [5.74, 6) is 0.798. The Morgan fingerprint density at radius 3 is 2.25 bits per heavy atom. The van der Waals surface area contributed by atoms with Crippen LogP contribution in [0.5, 0.6) is 5.75 Å². The molecule has 2 aliphatic heterocycles. The lowest BCUT2D eigenvalue weighted by Gasteiger charge is -2.42. The highest BCUT2D eigenvalue weighted by Gasteiger charge is 2.58. The van der Waals surface area contributed by atoms with Crippen molar-refractivity contribution in [3.8, 4) is 5.75 Å². The number of carbonyl (C=O) groups is 2. The van der Waals surface area contributed by atoms with Gasteiger partial charge in [0, 0.05) is 39.3 Å². The molecule has 0 N–H and O–H groups in total. The molecule has 0 saturated carbocycles. The Labute approximate surface area is 167 Å². The summed E-state index contributed by atoms with van der Waals surface area (Å²) in [5.41, 5.74) is 0.488. The lowest BCUT2D eigenvalue weighted by atomic mass is 9.85. The predicted octanol–water partition coefficient (Wildman–Crippen LogP) is 2.35. The fraction of sp³-hybridized carbons (Fsp3) is 0.619. The van der Waals surface area contributed by atoms with Gasteiger partial charge in [0.2, 0.25) is 0 Å². The Balaban J connectivity index is 1.71. The lowest BCUT2D eigenvalue weighted by molar-refractivity contribution is -0.136. The maximum atomic E-state index is 13.2. The number of urea groups is 1. The molecule has 1 aromatic rings. The second kappa shape index (κ2) is 8.49. The van der Waals surface area contributed by atoms with Gasteiger partial charge in [-0.1, -0.05) is 12.1 Å². The van der Waals surface area contributed by atoms with E-state index in [1.165, 1.54) is 10.5 Å². The van der Waals surface area contributed by atoms with Crippen molar-refractivity contribution in [2.75, 3.05) is 40.5 Å². The first-order chi connectivity index (χ1) is 13.4. The van der Waals surface area contributed by atoms with E-state index in [0.29, 0.717) is 26.0 Å². The van der Waals surface area contributed by atoms with Crippen molar-refractivity contribution in [3.05, 3.63) is 29.8 Å². The summed E-state index contributed by atoms with van der Waals surface area (Å²) in [7, 11) is 3.28. The van der Waals surface area contributed by atoms with Crippen molar-refractivity contribution >= 4 is 11.9 Å². The fourth-order valence-corrected chi connectivity index (χ4v) is 4.24. The average Bonchev–Trinajstić information content (AvgIpc) is 2.89. The molecule has 7 nitrogen and oxygen atoms in total. The van der Waals surface area contributed by atoms with Crippen LogP contribution in [0.2, 0.25) is 0 Å². The smallest absolute Gasteiger partial charge is 0.327 e. The van der Waals surface area contributed by atoms with Crippen molar-refractivity contribution < 1.29 is 19.1 Å². The first kappa shape index (κ1) is 20.6. The Morgan fingerprint density at radius 2 is 1.71 bits per heavy atom. The number of amides is 3. The van der Waals surface area contributed by atoms with Gasteiger partial charge in [0.15, 0.2) is 0 Å². The molecule has 0 bridgehead atoms. The zero-order chi connectivity index (χ0) is 20.3. The van der Waals surface area contributed by atoms with Gasteiger partial charge in [-0.2, -0.15) is 0 Å². The summed E-state index contributed by atoms with van der Waals surface area (Å²) in [6.45, 7) is 7.05. The van der Waals surface area contributed by atoms with Crippen LogP contribution in [0.25, 0.3) is 0 Å². The van der Waals surface area contributed by atoms with Crippen molar-refractivity contribution in [3.63, 3.8) is 0 Å².